The molecule has 2 N–H and O–H groups in total. The zero-order valence-corrected chi connectivity index (χ0v) is 12.0. The van der Waals surface area contributed by atoms with Crippen LogP contribution in [0, 0.1) is 0 Å². The van der Waals surface area contributed by atoms with Gasteiger partial charge in [0.25, 0.3) is 0 Å². The van der Waals surface area contributed by atoms with Crippen LogP contribution in [0.25, 0.3) is 0 Å². The second-order valence-electron chi connectivity index (χ2n) is 4.25. The zero-order chi connectivity index (χ0) is 12.0. The van der Waals surface area contributed by atoms with E-state index in [2.05, 4.69) is 5.32 Å². The molecule has 0 aliphatic rings. The summed E-state index contributed by atoms with van der Waals surface area (Å²) in [6.07, 6.45) is 0. The van der Waals surface area contributed by atoms with E-state index in [0.717, 1.165) is 28.9 Å². The minimum absolute atomic E-state index is 0.564. The Hall–Kier alpha value is 0.260. The number of thiophene rings is 1. The maximum absolute atomic E-state index is 9.50. The molecule has 0 spiro atoms. The maximum Gasteiger partial charge on any atom is 0.0931 e. The minimum Gasteiger partial charge on any atom is -0.390 e. The van der Waals surface area contributed by atoms with Gasteiger partial charge in [-0.15, -0.1) is 11.3 Å². The Bertz CT molecular complexity index is 309. The number of halogens is 1. The van der Waals surface area contributed by atoms with Crippen molar-refractivity contribution < 1.29 is 5.11 Å². The Kier molecular flexibility index (Phi) is 6.15. The highest BCUT2D eigenvalue weighted by molar-refractivity contribution is 7.99. The van der Waals surface area contributed by atoms with Gasteiger partial charge in [0, 0.05) is 29.5 Å². The van der Waals surface area contributed by atoms with Crippen molar-refractivity contribution in [2.75, 3.05) is 18.1 Å². The van der Waals surface area contributed by atoms with Crippen molar-refractivity contribution in [3.05, 3.63) is 21.3 Å². The van der Waals surface area contributed by atoms with Gasteiger partial charge in [0.15, 0.2) is 0 Å². The molecule has 0 saturated heterocycles. The summed E-state index contributed by atoms with van der Waals surface area (Å²) in [7, 11) is 0. The Morgan fingerprint density at radius 1 is 1.50 bits per heavy atom. The predicted octanol–water partition coefficient (Wildman–Crippen LogP) is 3.00. The summed E-state index contributed by atoms with van der Waals surface area (Å²) in [5, 5.41) is 12.9. The Morgan fingerprint density at radius 3 is 2.81 bits per heavy atom. The van der Waals surface area contributed by atoms with Crippen LogP contribution in [0.4, 0.5) is 0 Å². The quantitative estimate of drug-likeness (QED) is 0.753. The molecule has 0 aromatic carbocycles. The normalized spacial score (nSPS) is 12.0. The van der Waals surface area contributed by atoms with Gasteiger partial charge in [-0.05, 0) is 26.0 Å². The first-order valence-electron chi connectivity index (χ1n) is 5.22. The minimum atomic E-state index is -0.564. The number of hydrogen-bond donors (Lipinski definition) is 2. The smallest absolute Gasteiger partial charge is 0.0931 e. The van der Waals surface area contributed by atoms with Gasteiger partial charge in [0.2, 0.25) is 0 Å². The first-order valence-corrected chi connectivity index (χ1v) is 7.57. The average molecular weight is 280 g/mol. The molecule has 0 radical (unpaired) electrons. The van der Waals surface area contributed by atoms with Gasteiger partial charge < -0.3 is 10.4 Å². The summed E-state index contributed by atoms with van der Waals surface area (Å²) in [5.74, 6) is 1.79. The van der Waals surface area contributed by atoms with Crippen molar-refractivity contribution in [2.45, 2.75) is 26.0 Å². The predicted molar refractivity (Wildman–Crippen MR) is 74.7 cm³/mol. The van der Waals surface area contributed by atoms with E-state index in [1.54, 1.807) is 23.1 Å². The fraction of sp³-hybridized carbons (Fsp3) is 0.636. The van der Waals surface area contributed by atoms with Gasteiger partial charge >= 0.3 is 0 Å². The van der Waals surface area contributed by atoms with Crippen LogP contribution in [0.5, 0.6) is 0 Å². The van der Waals surface area contributed by atoms with E-state index >= 15 is 0 Å². The molecular weight excluding hydrogens is 262 g/mol. The van der Waals surface area contributed by atoms with Gasteiger partial charge in [0.05, 0.1) is 9.94 Å². The number of hydrogen-bond acceptors (Lipinski definition) is 4. The van der Waals surface area contributed by atoms with Crippen molar-refractivity contribution in [1.29, 1.82) is 0 Å². The largest absolute Gasteiger partial charge is 0.390 e. The second-order valence-corrected chi connectivity index (χ2v) is 7.15. The first kappa shape index (κ1) is 14.3. The SMILES string of the molecule is CC(C)(O)CSCCNCc1ccc(Cl)s1. The molecule has 92 valence electrons. The summed E-state index contributed by atoms with van der Waals surface area (Å²) in [6.45, 7) is 5.50. The van der Waals surface area contributed by atoms with Crippen molar-refractivity contribution >= 4 is 34.7 Å². The molecule has 0 aliphatic heterocycles. The van der Waals surface area contributed by atoms with Crippen LogP contribution in [-0.2, 0) is 6.54 Å². The molecule has 1 heterocycles. The molecule has 1 aromatic heterocycles. The van der Waals surface area contributed by atoms with Crippen molar-refractivity contribution in [3.8, 4) is 0 Å². The standard InChI is InChI=1S/C11H18ClNOS2/c1-11(2,14)8-15-6-5-13-7-9-3-4-10(12)16-9/h3-4,13-14H,5-8H2,1-2H3. The number of thioether (sulfide) groups is 1. The molecule has 1 aromatic rings. The Labute approximate surface area is 110 Å². The third-order valence-electron chi connectivity index (χ3n) is 1.81. The lowest BCUT2D eigenvalue weighted by Crippen LogP contribution is -2.23. The highest BCUT2D eigenvalue weighted by Crippen LogP contribution is 2.20. The van der Waals surface area contributed by atoms with Crippen molar-refractivity contribution in [1.82, 2.24) is 5.32 Å². The van der Waals surface area contributed by atoms with E-state index in [0.29, 0.717) is 0 Å². The van der Waals surface area contributed by atoms with Crippen molar-refractivity contribution in [2.24, 2.45) is 0 Å². The van der Waals surface area contributed by atoms with E-state index < -0.39 is 5.60 Å². The highest BCUT2D eigenvalue weighted by Gasteiger charge is 2.11. The van der Waals surface area contributed by atoms with Gasteiger partial charge in [-0.3, -0.25) is 0 Å². The molecule has 16 heavy (non-hydrogen) atoms. The third kappa shape index (κ3) is 6.76. The zero-order valence-electron chi connectivity index (χ0n) is 9.62. The second kappa shape index (κ2) is 6.87. The summed E-state index contributed by atoms with van der Waals surface area (Å²) in [5.41, 5.74) is -0.564. The van der Waals surface area contributed by atoms with E-state index in [9.17, 15) is 5.11 Å². The summed E-state index contributed by atoms with van der Waals surface area (Å²) in [4.78, 5) is 1.26. The van der Waals surface area contributed by atoms with Crippen LogP contribution in [0.1, 0.15) is 18.7 Å². The van der Waals surface area contributed by atoms with E-state index in [1.807, 2.05) is 26.0 Å². The summed E-state index contributed by atoms with van der Waals surface area (Å²) in [6, 6.07) is 3.97. The van der Waals surface area contributed by atoms with Gasteiger partial charge in [-0.2, -0.15) is 11.8 Å². The van der Waals surface area contributed by atoms with Crippen LogP contribution in [0.15, 0.2) is 12.1 Å². The van der Waals surface area contributed by atoms with Crippen LogP contribution in [-0.4, -0.2) is 28.8 Å². The summed E-state index contributed by atoms with van der Waals surface area (Å²) >= 11 is 9.21. The molecule has 0 atom stereocenters. The van der Waals surface area contributed by atoms with E-state index in [-0.39, 0.29) is 0 Å². The lowest BCUT2D eigenvalue weighted by molar-refractivity contribution is 0.107. The Morgan fingerprint density at radius 2 is 2.25 bits per heavy atom. The molecule has 0 unspecified atom stereocenters. The van der Waals surface area contributed by atoms with Crippen LogP contribution in [0.2, 0.25) is 4.34 Å². The van der Waals surface area contributed by atoms with Gasteiger partial charge in [-0.25, -0.2) is 0 Å². The van der Waals surface area contributed by atoms with Gasteiger partial charge in [0.1, 0.15) is 0 Å². The number of rotatable bonds is 7. The number of aliphatic hydroxyl groups is 1. The van der Waals surface area contributed by atoms with E-state index in [1.165, 1.54) is 4.88 Å². The monoisotopic (exact) mass is 279 g/mol. The Balaban J connectivity index is 2.00. The van der Waals surface area contributed by atoms with Gasteiger partial charge in [-0.1, -0.05) is 11.6 Å². The highest BCUT2D eigenvalue weighted by atomic mass is 35.5. The fourth-order valence-corrected chi connectivity index (χ4v) is 3.11. The maximum atomic E-state index is 9.50. The fourth-order valence-electron chi connectivity index (χ4n) is 1.12. The first-order chi connectivity index (χ1) is 7.47. The molecule has 0 bridgehead atoms. The molecule has 0 amide bonds. The molecule has 5 heteroatoms. The number of nitrogens with one attached hydrogen (secondary N) is 1. The van der Waals surface area contributed by atoms with Crippen LogP contribution >= 0.6 is 34.7 Å². The topological polar surface area (TPSA) is 32.3 Å². The average Bonchev–Trinajstić information content (AvgIpc) is 2.56. The molecule has 0 aliphatic carbocycles. The molecule has 0 fully saturated rings. The lowest BCUT2D eigenvalue weighted by atomic mass is 10.2. The van der Waals surface area contributed by atoms with Crippen LogP contribution in [0.3, 0.4) is 0 Å². The van der Waals surface area contributed by atoms with E-state index in [4.69, 9.17) is 11.6 Å². The van der Waals surface area contributed by atoms with Crippen LogP contribution < -0.4 is 5.32 Å². The molecule has 2 nitrogen and oxygen atoms in total. The molecule has 1 rings (SSSR count). The molecular formula is C11H18ClNOS2. The van der Waals surface area contributed by atoms with Crippen molar-refractivity contribution in [3.63, 3.8) is 0 Å². The lowest BCUT2D eigenvalue weighted by Gasteiger charge is -2.15. The summed E-state index contributed by atoms with van der Waals surface area (Å²) < 4.78 is 0.841. The third-order valence-corrected chi connectivity index (χ3v) is 4.44. The molecule has 0 saturated carbocycles.